The lowest BCUT2D eigenvalue weighted by molar-refractivity contribution is -0.157. The number of halogens is 1. The quantitative estimate of drug-likeness (QED) is 0.274. The van der Waals surface area contributed by atoms with Crippen LogP contribution in [-0.4, -0.2) is 21.4 Å². The summed E-state index contributed by atoms with van der Waals surface area (Å²) in [6.45, 7) is 2.62. The van der Waals surface area contributed by atoms with Crippen molar-refractivity contribution >= 4 is 22.7 Å². The van der Waals surface area contributed by atoms with Gasteiger partial charge < -0.3 is 9.67 Å². The Labute approximate surface area is 215 Å². The summed E-state index contributed by atoms with van der Waals surface area (Å²) in [6, 6.07) is 21.6. The molecule has 0 atom stereocenters. The van der Waals surface area contributed by atoms with E-state index < -0.39 is 5.97 Å². The molecule has 0 radical (unpaired) electrons. The number of carboxylic acid groups (broad SMARTS) is 1. The average molecular weight is 496 g/mol. The highest BCUT2D eigenvalue weighted by Crippen LogP contribution is 2.62. The molecule has 0 amide bonds. The van der Waals surface area contributed by atoms with Crippen molar-refractivity contribution in [1.29, 1.82) is 0 Å². The summed E-state index contributed by atoms with van der Waals surface area (Å²) in [5, 5.41) is 9.64. The normalized spacial score (nSPS) is 22.5. The van der Waals surface area contributed by atoms with Gasteiger partial charge in [-0.15, -0.1) is 0 Å². The highest BCUT2D eigenvalue weighted by Gasteiger charge is 2.54. The average Bonchev–Trinajstić information content (AvgIpc) is 3.25. The van der Waals surface area contributed by atoms with Crippen molar-refractivity contribution in [2.24, 2.45) is 17.3 Å². The monoisotopic (exact) mass is 495 g/mol. The second kappa shape index (κ2) is 8.98. The molecule has 4 nitrogen and oxygen atoms in total. The third-order valence-electron chi connectivity index (χ3n) is 8.49. The van der Waals surface area contributed by atoms with Gasteiger partial charge in [0.2, 0.25) is 0 Å². The largest absolute Gasteiger partial charge is 0.481 e. The lowest BCUT2D eigenvalue weighted by Crippen LogP contribution is -2.50. The molecule has 37 heavy (non-hydrogen) atoms. The SMILES string of the molecule is Cc1ccc(-c2ccc(Cn3ccc4c(F)ccc(C(=O)CC5CC6(C5)CC(C(=O)O)C6)c43)cc2)cc1. The first-order valence-corrected chi connectivity index (χ1v) is 13.0. The second-order valence-electron chi connectivity index (χ2n) is 11.2. The van der Waals surface area contributed by atoms with Crippen LogP contribution in [0.3, 0.4) is 0 Å². The minimum Gasteiger partial charge on any atom is -0.481 e. The molecule has 2 fully saturated rings. The van der Waals surface area contributed by atoms with Gasteiger partial charge in [0.1, 0.15) is 5.82 Å². The van der Waals surface area contributed by atoms with E-state index in [9.17, 15) is 14.0 Å². The van der Waals surface area contributed by atoms with Crippen LogP contribution in [0.15, 0.2) is 72.9 Å². The standard InChI is InChI=1S/C32H30FNO3/c1-20-2-6-23(7-3-20)24-8-4-21(5-9-24)19-34-13-12-26-28(33)11-10-27(30(26)34)29(35)14-22-15-32(16-22)17-25(18-32)31(36)37/h2-13,22,25H,14-19H2,1H3,(H,36,37). The number of aliphatic carboxylic acids is 1. The number of nitrogens with zero attached hydrogens (tertiary/aromatic N) is 1. The fraction of sp³-hybridized carbons (Fsp3) is 0.312. The van der Waals surface area contributed by atoms with Gasteiger partial charge >= 0.3 is 5.97 Å². The molecule has 3 aromatic carbocycles. The van der Waals surface area contributed by atoms with Gasteiger partial charge in [0, 0.05) is 30.1 Å². The molecular weight excluding hydrogens is 465 g/mol. The van der Waals surface area contributed by atoms with E-state index in [1.54, 1.807) is 12.1 Å². The van der Waals surface area contributed by atoms with Crippen LogP contribution in [0, 0.1) is 30.0 Å². The fourth-order valence-corrected chi connectivity index (χ4v) is 6.57. The van der Waals surface area contributed by atoms with Gasteiger partial charge in [-0.05, 0) is 78.8 Å². The van der Waals surface area contributed by atoms with E-state index in [2.05, 4.69) is 55.5 Å². The molecule has 1 aromatic heterocycles. The molecule has 1 spiro atoms. The molecule has 0 saturated heterocycles. The fourth-order valence-electron chi connectivity index (χ4n) is 6.57. The van der Waals surface area contributed by atoms with E-state index in [1.165, 1.54) is 11.6 Å². The molecule has 0 aliphatic heterocycles. The van der Waals surface area contributed by atoms with Crippen LogP contribution >= 0.6 is 0 Å². The Morgan fingerprint density at radius 2 is 1.57 bits per heavy atom. The summed E-state index contributed by atoms with van der Waals surface area (Å²) in [7, 11) is 0. The predicted molar refractivity (Wildman–Crippen MR) is 142 cm³/mol. The molecule has 2 aliphatic carbocycles. The Kier molecular flexibility index (Phi) is 5.74. The molecule has 6 rings (SSSR count). The minimum absolute atomic E-state index is 0.0358. The molecular formula is C32H30FNO3. The van der Waals surface area contributed by atoms with Crippen LogP contribution in [0.5, 0.6) is 0 Å². The number of aromatic nitrogens is 1. The van der Waals surface area contributed by atoms with Crippen molar-refractivity contribution in [1.82, 2.24) is 4.57 Å². The van der Waals surface area contributed by atoms with Crippen molar-refractivity contribution < 1.29 is 19.1 Å². The number of benzene rings is 3. The summed E-state index contributed by atoms with van der Waals surface area (Å²) < 4.78 is 16.6. The van der Waals surface area contributed by atoms with Crippen molar-refractivity contribution in [2.45, 2.75) is 45.6 Å². The molecule has 4 aromatic rings. The van der Waals surface area contributed by atoms with Crippen LogP contribution in [0.2, 0.25) is 0 Å². The van der Waals surface area contributed by atoms with Crippen LogP contribution in [0.4, 0.5) is 4.39 Å². The van der Waals surface area contributed by atoms with Crippen LogP contribution in [-0.2, 0) is 11.3 Å². The summed E-state index contributed by atoms with van der Waals surface area (Å²) in [5.74, 6) is -0.933. The molecule has 188 valence electrons. The van der Waals surface area contributed by atoms with Crippen molar-refractivity contribution in [3.63, 3.8) is 0 Å². The summed E-state index contributed by atoms with van der Waals surface area (Å²) in [4.78, 5) is 24.5. The van der Waals surface area contributed by atoms with Crippen molar-refractivity contribution in [3.05, 3.63) is 95.4 Å². The lowest BCUT2D eigenvalue weighted by atomic mass is 9.47. The Balaban J connectivity index is 1.19. The van der Waals surface area contributed by atoms with Crippen LogP contribution in [0.25, 0.3) is 22.0 Å². The Hall–Kier alpha value is -3.73. The van der Waals surface area contributed by atoms with E-state index in [0.717, 1.165) is 42.4 Å². The van der Waals surface area contributed by atoms with Crippen LogP contribution in [0.1, 0.15) is 53.6 Å². The number of fused-ring (bicyclic) bond motifs is 1. The topological polar surface area (TPSA) is 59.3 Å². The first-order chi connectivity index (χ1) is 17.8. The first-order valence-electron chi connectivity index (χ1n) is 13.0. The number of aryl methyl sites for hydroxylation is 1. The Morgan fingerprint density at radius 3 is 2.22 bits per heavy atom. The zero-order valence-corrected chi connectivity index (χ0v) is 20.9. The molecule has 0 bridgehead atoms. The third-order valence-corrected chi connectivity index (χ3v) is 8.49. The second-order valence-corrected chi connectivity index (χ2v) is 11.2. The van der Waals surface area contributed by atoms with Gasteiger partial charge in [-0.1, -0.05) is 54.1 Å². The molecule has 1 heterocycles. The zero-order chi connectivity index (χ0) is 25.7. The lowest BCUT2D eigenvalue weighted by Gasteiger charge is -2.56. The highest BCUT2D eigenvalue weighted by molar-refractivity contribution is 6.07. The van der Waals surface area contributed by atoms with E-state index in [4.69, 9.17) is 5.11 Å². The van der Waals surface area contributed by atoms with Gasteiger partial charge in [-0.25, -0.2) is 4.39 Å². The summed E-state index contributed by atoms with van der Waals surface area (Å²) in [6.07, 6.45) is 5.59. The molecule has 2 aliphatic rings. The number of carbonyl (C=O) groups is 2. The number of rotatable bonds is 7. The van der Waals surface area contributed by atoms with E-state index in [1.807, 2.05) is 10.8 Å². The number of carboxylic acids is 1. The maximum absolute atomic E-state index is 14.7. The minimum atomic E-state index is -0.704. The summed E-state index contributed by atoms with van der Waals surface area (Å²) in [5.41, 5.74) is 5.96. The smallest absolute Gasteiger partial charge is 0.306 e. The maximum atomic E-state index is 14.7. The van der Waals surface area contributed by atoms with Gasteiger partial charge in [-0.2, -0.15) is 0 Å². The zero-order valence-electron chi connectivity index (χ0n) is 20.9. The van der Waals surface area contributed by atoms with Gasteiger partial charge in [0.25, 0.3) is 0 Å². The van der Waals surface area contributed by atoms with Crippen molar-refractivity contribution in [2.75, 3.05) is 0 Å². The highest BCUT2D eigenvalue weighted by atomic mass is 19.1. The number of hydrogen-bond acceptors (Lipinski definition) is 2. The number of carbonyl (C=O) groups excluding carboxylic acids is 1. The van der Waals surface area contributed by atoms with Gasteiger partial charge in [-0.3, -0.25) is 9.59 Å². The third kappa shape index (κ3) is 4.37. The first kappa shape index (κ1) is 23.7. The Bertz CT molecular complexity index is 1490. The molecule has 0 unspecified atom stereocenters. The molecule has 5 heteroatoms. The van der Waals surface area contributed by atoms with E-state index in [0.29, 0.717) is 29.4 Å². The van der Waals surface area contributed by atoms with Crippen LogP contribution < -0.4 is 0 Å². The molecule has 1 N–H and O–H groups in total. The maximum Gasteiger partial charge on any atom is 0.306 e. The van der Waals surface area contributed by atoms with Crippen molar-refractivity contribution in [3.8, 4) is 11.1 Å². The van der Waals surface area contributed by atoms with E-state index >= 15 is 0 Å². The number of hydrogen-bond donors (Lipinski definition) is 1. The van der Waals surface area contributed by atoms with Gasteiger partial charge in [0.15, 0.2) is 5.78 Å². The molecule has 2 saturated carbocycles. The Morgan fingerprint density at radius 1 is 0.919 bits per heavy atom. The van der Waals surface area contributed by atoms with Gasteiger partial charge in [0.05, 0.1) is 11.4 Å². The predicted octanol–water partition coefficient (Wildman–Crippen LogP) is 7.27. The number of Topliss-reactive ketones (excluding diaryl/α,β-unsaturated/α-hetero) is 1. The number of ketones is 1. The van der Waals surface area contributed by atoms with E-state index in [-0.39, 0.29) is 28.9 Å². The summed E-state index contributed by atoms with van der Waals surface area (Å²) >= 11 is 0.